The predicted molar refractivity (Wildman–Crippen MR) is 104 cm³/mol. The molecule has 0 saturated heterocycles. The molecule has 0 amide bonds. The fourth-order valence-electron chi connectivity index (χ4n) is 2.78. The van der Waals surface area contributed by atoms with Gasteiger partial charge in [-0.25, -0.2) is 9.97 Å². The van der Waals surface area contributed by atoms with E-state index in [2.05, 4.69) is 20.4 Å². The second-order valence-electron chi connectivity index (χ2n) is 6.18. The fourth-order valence-corrected chi connectivity index (χ4v) is 2.78. The van der Waals surface area contributed by atoms with Crippen molar-refractivity contribution in [3.8, 4) is 11.3 Å². The van der Waals surface area contributed by atoms with E-state index >= 15 is 0 Å². The Balaban J connectivity index is 2.38. The Bertz CT molecular complexity index is 1080. The van der Waals surface area contributed by atoms with Gasteiger partial charge >= 0.3 is 0 Å². The molecule has 0 fully saturated rings. The van der Waals surface area contributed by atoms with Gasteiger partial charge in [-0.15, -0.1) is 0 Å². The molecule has 3 heterocycles. The third kappa shape index (κ3) is 3.36. The first-order valence-electron chi connectivity index (χ1n) is 8.40. The number of aromatic nitrogens is 5. The van der Waals surface area contributed by atoms with E-state index in [-0.39, 0.29) is 12.2 Å². The van der Waals surface area contributed by atoms with Crippen LogP contribution in [-0.2, 0) is 7.05 Å². The molecule has 0 aliphatic carbocycles. The lowest BCUT2D eigenvalue weighted by atomic mass is 10.1. The van der Waals surface area contributed by atoms with Gasteiger partial charge in [0.2, 0.25) is 0 Å². The summed E-state index contributed by atoms with van der Waals surface area (Å²) in [7, 11) is 3.52. The van der Waals surface area contributed by atoms with Gasteiger partial charge in [-0.3, -0.25) is 14.0 Å². The number of allylic oxidation sites excluding steroid dienone is 1. The molecule has 27 heavy (non-hydrogen) atoms. The van der Waals surface area contributed by atoms with Crippen LogP contribution in [0.5, 0.6) is 0 Å². The molecule has 3 rings (SSSR count). The van der Waals surface area contributed by atoms with E-state index in [1.165, 1.54) is 10.9 Å². The Morgan fingerprint density at radius 2 is 2.26 bits per heavy atom. The van der Waals surface area contributed by atoms with Gasteiger partial charge in [0.15, 0.2) is 0 Å². The smallest absolute Gasteiger partial charge is 0.261 e. The molecule has 0 bridgehead atoms. The molecule has 9 heteroatoms. The lowest BCUT2D eigenvalue weighted by molar-refractivity contribution is 0.236. The highest BCUT2D eigenvalue weighted by Gasteiger charge is 2.17. The topological polar surface area (TPSA) is 122 Å². The van der Waals surface area contributed by atoms with Crippen molar-refractivity contribution in [1.29, 1.82) is 5.41 Å². The monoisotopic (exact) mass is 367 g/mol. The lowest BCUT2D eigenvalue weighted by Crippen LogP contribution is -2.26. The number of fused-ring (bicyclic) bond motifs is 1. The summed E-state index contributed by atoms with van der Waals surface area (Å²) < 4.78 is 3.04. The number of hydrogen-bond acceptors (Lipinski definition) is 7. The van der Waals surface area contributed by atoms with E-state index in [0.29, 0.717) is 27.9 Å². The van der Waals surface area contributed by atoms with E-state index in [4.69, 9.17) is 5.41 Å². The van der Waals surface area contributed by atoms with Crippen LogP contribution in [0.1, 0.15) is 18.7 Å². The first-order valence-corrected chi connectivity index (χ1v) is 8.40. The molecule has 140 valence electrons. The highest BCUT2D eigenvalue weighted by atomic mass is 16.3. The summed E-state index contributed by atoms with van der Waals surface area (Å²) in [4.78, 5) is 22.0. The first-order chi connectivity index (χ1) is 13.0. The average molecular weight is 367 g/mol. The van der Waals surface area contributed by atoms with Crippen molar-refractivity contribution >= 4 is 22.7 Å². The highest BCUT2D eigenvalue weighted by Crippen LogP contribution is 2.25. The maximum Gasteiger partial charge on any atom is 0.261 e. The molecule has 1 unspecified atom stereocenters. The molecular weight excluding hydrogens is 346 g/mol. The van der Waals surface area contributed by atoms with Crippen LogP contribution in [0.25, 0.3) is 27.7 Å². The molecule has 9 nitrogen and oxygen atoms in total. The second kappa shape index (κ2) is 7.50. The molecule has 0 aliphatic rings. The third-order valence-electron chi connectivity index (χ3n) is 4.24. The predicted octanol–water partition coefficient (Wildman–Crippen LogP) is 0.955. The van der Waals surface area contributed by atoms with E-state index in [0.717, 1.165) is 11.8 Å². The van der Waals surface area contributed by atoms with Crippen molar-refractivity contribution in [2.75, 3.05) is 13.7 Å². The van der Waals surface area contributed by atoms with Gasteiger partial charge in [0.05, 0.1) is 36.3 Å². The summed E-state index contributed by atoms with van der Waals surface area (Å²) in [6.07, 6.45) is 7.66. The van der Waals surface area contributed by atoms with Crippen molar-refractivity contribution in [3.63, 3.8) is 0 Å². The zero-order chi connectivity index (χ0) is 19.6. The Hall–Kier alpha value is -3.33. The normalized spacial score (nSPS) is 13.0. The van der Waals surface area contributed by atoms with Gasteiger partial charge in [0.25, 0.3) is 5.56 Å². The van der Waals surface area contributed by atoms with Crippen LogP contribution in [0.2, 0.25) is 0 Å². The van der Waals surface area contributed by atoms with Crippen molar-refractivity contribution < 1.29 is 5.11 Å². The van der Waals surface area contributed by atoms with Crippen LogP contribution >= 0.6 is 0 Å². The van der Waals surface area contributed by atoms with Gasteiger partial charge in [-0.1, -0.05) is 0 Å². The SMILES string of the molecule is CN/C=C(\C=N)c1nc(-c2cnn(C)c2)cc2c(=O)n(C(C)CO)cnc12. The molecule has 3 aromatic heterocycles. The number of nitrogens with one attached hydrogen (secondary N) is 2. The maximum atomic E-state index is 13.0. The molecule has 0 spiro atoms. The molecule has 3 N–H and O–H groups in total. The minimum absolute atomic E-state index is 0.175. The number of aryl methyl sites for hydroxylation is 1. The van der Waals surface area contributed by atoms with E-state index < -0.39 is 6.04 Å². The van der Waals surface area contributed by atoms with Gasteiger partial charge in [0, 0.05) is 43.8 Å². The van der Waals surface area contributed by atoms with Crippen molar-refractivity contribution in [2.45, 2.75) is 13.0 Å². The van der Waals surface area contributed by atoms with E-state index in [9.17, 15) is 9.90 Å². The molecule has 0 aliphatic heterocycles. The quantitative estimate of drug-likeness (QED) is 0.558. The van der Waals surface area contributed by atoms with Crippen LogP contribution in [0.4, 0.5) is 0 Å². The molecule has 1 atom stereocenters. The van der Waals surface area contributed by atoms with Crippen LogP contribution in [-0.4, -0.2) is 49.3 Å². The lowest BCUT2D eigenvalue weighted by Gasteiger charge is -2.14. The Labute approximate surface area is 155 Å². The summed E-state index contributed by atoms with van der Waals surface area (Å²) >= 11 is 0. The number of hydrogen-bond donors (Lipinski definition) is 3. The van der Waals surface area contributed by atoms with Crippen LogP contribution in [0.15, 0.2) is 35.8 Å². The summed E-state index contributed by atoms with van der Waals surface area (Å²) in [5, 5.41) is 24.5. The fraction of sp³-hybridized carbons (Fsp3) is 0.278. The number of aliphatic hydroxyl groups excluding tert-OH is 1. The number of nitrogens with zero attached hydrogens (tertiary/aromatic N) is 5. The minimum Gasteiger partial charge on any atom is -0.394 e. The Kier molecular flexibility index (Phi) is 5.13. The molecule has 0 saturated carbocycles. The Morgan fingerprint density at radius 1 is 1.48 bits per heavy atom. The van der Waals surface area contributed by atoms with Gasteiger partial charge < -0.3 is 15.8 Å². The van der Waals surface area contributed by atoms with Gasteiger partial charge in [-0.2, -0.15) is 5.10 Å². The van der Waals surface area contributed by atoms with Gasteiger partial charge in [0.1, 0.15) is 11.2 Å². The molecule has 3 aromatic rings. The minimum atomic E-state index is -0.400. The highest BCUT2D eigenvalue weighted by molar-refractivity contribution is 6.12. The van der Waals surface area contributed by atoms with Gasteiger partial charge in [-0.05, 0) is 13.0 Å². The van der Waals surface area contributed by atoms with E-state index in [1.54, 1.807) is 50.4 Å². The molecular formula is C18H21N7O2. The third-order valence-corrected chi connectivity index (χ3v) is 4.24. The number of aliphatic hydroxyl groups is 1. The molecule has 0 radical (unpaired) electrons. The zero-order valence-electron chi connectivity index (χ0n) is 15.3. The summed E-state index contributed by atoms with van der Waals surface area (Å²) in [5.41, 5.74) is 2.36. The second-order valence-corrected chi connectivity index (χ2v) is 6.18. The molecule has 0 aromatic carbocycles. The van der Waals surface area contributed by atoms with E-state index in [1.807, 2.05) is 0 Å². The van der Waals surface area contributed by atoms with Crippen molar-refractivity contribution in [2.24, 2.45) is 7.05 Å². The van der Waals surface area contributed by atoms with Crippen molar-refractivity contribution in [1.82, 2.24) is 29.6 Å². The first kappa shape index (κ1) is 18.5. The Morgan fingerprint density at radius 3 is 2.85 bits per heavy atom. The average Bonchev–Trinajstić information content (AvgIpc) is 3.11. The summed E-state index contributed by atoms with van der Waals surface area (Å²) in [6.45, 7) is 1.56. The number of rotatable bonds is 6. The largest absolute Gasteiger partial charge is 0.394 e. The standard InChI is InChI=1S/C18H21N7O2/c1-11(9-26)25-10-21-17-14(18(25)27)4-15(13-7-22-24(3)8-13)23-16(17)12(5-19)6-20-2/h4-8,10-11,19-20,26H,9H2,1-3H3/b12-6+,19-5?. The number of pyridine rings is 1. The van der Waals surface area contributed by atoms with Crippen LogP contribution in [0, 0.1) is 5.41 Å². The van der Waals surface area contributed by atoms with Crippen LogP contribution in [0.3, 0.4) is 0 Å². The van der Waals surface area contributed by atoms with Crippen LogP contribution < -0.4 is 10.9 Å². The zero-order valence-corrected chi connectivity index (χ0v) is 15.3. The summed E-state index contributed by atoms with van der Waals surface area (Å²) in [5.74, 6) is 0. The summed E-state index contributed by atoms with van der Waals surface area (Å²) in [6, 6.07) is 1.27. The van der Waals surface area contributed by atoms with Crippen molar-refractivity contribution in [3.05, 3.63) is 47.0 Å². The maximum absolute atomic E-state index is 13.0.